The molecule has 3 rings (SSSR count). The topological polar surface area (TPSA) is 105 Å². The second-order valence-corrected chi connectivity index (χ2v) is 4.84. The Morgan fingerprint density at radius 1 is 1.17 bits per heavy atom. The summed E-state index contributed by atoms with van der Waals surface area (Å²) in [7, 11) is 0. The third kappa shape index (κ3) is 2.98. The Hall–Kier alpha value is -3.35. The summed E-state index contributed by atoms with van der Waals surface area (Å²) in [5.74, 6) is 0.698. The molecule has 2 aromatic rings. The zero-order valence-electron chi connectivity index (χ0n) is 11.9. The zero-order valence-corrected chi connectivity index (χ0v) is 11.9. The molecule has 0 atom stereocenters. The number of carbonyl (C=O) groups excluding carboxylic acids is 1. The fourth-order valence-electron chi connectivity index (χ4n) is 2.14. The van der Waals surface area contributed by atoms with Crippen molar-refractivity contribution in [3.8, 4) is 11.5 Å². The number of fused-ring (bicyclic) bond motifs is 1. The zero-order chi connectivity index (χ0) is 16.4. The number of ether oxygens (including phenoxy) is 2. The number of anilines is 1. The lowest BCUT2D eigenvalue weighted by molar-refractivity contribution is -0.384. The molecule has 7 heteroatoms. The molecule has 0 aliphatic carbocycles. The van der Waals surface area contributed by atoms with E-state index in [2.05, 4.69) is 0 Å². The van der Waals surface area contributed by atoms with E-state index in [1.54, 1.807) is 30.3 Å². The first-order valence-corrected chi connectivity index (χ1v) is 6.70. The van der Waals surface area contributed by atoms with Crippen LogP contribution >= 0.6 is 0 Å². The Morgan fingerprint density at radius 2 is 1.83 bits per heavy atom. The molecular weight excluding hydrogens is 300 g/mol. The van der Waals surface area contributed by atoms with Gasteiger partial charge in [-0.2, -0.15) is 0 Å². The number of hydrogen-bond donors (Lipinski definition) is 1. The third-order valence-corrected chi connectivity index (χ3v) is 3.34. The molecule has 0 spiro atoms. The number of ketones is 1. The summed E-state index contributed by atoms with van der Waals surface area (Å²) in [6.45, 7) is 0.102. The number of benzene rings is 2. The molecule has 0 bridgehead atoms. The van der Waals surface area contributed by atoms with Crippen LogP contribution in [0.1, 0.15) is 15.9 Å². The maximum atomic E-state index is 12.2. The van der Waals surface area contributed by atoms with Crippen LogP contribution in [0.15, 0.2) is 42.5 Å². The van der Waals surface area contributed by atoms with E-state index >= 15 is 0 Å². The number of nitrogens with two attached hydrogens (primary N) is 1. The van der Waals surface area contributed by atoms with Crippen molar-refractivity contribution >= 4 is 23.2 Å². The average molecular weight is 312 g/mol. The van der Waals surface area contributed by atoms with E-state index in [4.69, 9.17) is 15.2 Å². The predicted molar refractivity (Wildman–Crippen MR) is 83.4 cm³/mol. The molecule has 1 aliphatic rings. The van der Waals surface area contributed by atoms with E-state index in [0.29, 0.717) is 28.3 Å². The summed E-state index contributed by atoms with van der Waals surface area (Å²) in [6.07, 6.45) is 2.92. The van der Waals surface area contributed by atoms with Crippen molar-refractivity contribution in [1.29, 1.82) is 0 Å². The number of nitro benzene ring substituents is 1. The van der Waals surface area contributed by atoms with E-state index < -0.39 is 4.92 Å². The average Bonchev–Trinajstić information content (AvgIpc) is 2.99. The summed E-state index contributed by atoms with van der Waals surface area (Å²) >= 11 is 0. The highest BCUT2D eigenvalue weighted by Crippen LogP contribution is 2.36. The van der Waals surface area contributed by atoms with E-state index in [-0.39, 0.29) is 18.3 Å². The Labute approximate surface area is 131 Å². The third-order valence-electron chi connectivity index (χ3n) is 3.34. The first kappa shape index (κ1) is 14.6. The Bertz CT molecular complexity index is 812. The van der Waals surface area contributed by atoms with Crippen LogP contribution in [0.5, 0.6) is 11.5 Å². The highest BCUT2D eigenvalue weighted by Gasteiger charge is 2.18. The number of hydrogen-bond acceptors (Lipinski definition) is 6. The van der Waals surface area contributed by atoms with E-state index in [1.807, 2.05) is 0 Å². The molecule has 0 saturated carbocycles. The minimum absolute atomic E-state index is 0.00603. The minimum Gasteiger partial charge on any atom is -0.454 e. The second-order valence-electron chi connectivity index (χ2n) is 4.84. The molecule has 1 aliphatic heterocycles. The van der Waals surface area contributed by atoms with Crippen molar-refractivity contribution in [2.75, 3.05) is 12.5 Å². The Balaban J connectivity index is 1.80. The maximum Gasteiger partial charge on any atom is 0.269 e. The van der Waals surface area contributed by atoms with Gasteiger partial charge in [0.25, 0.3) is 5.69 Å². The van der Waals surface area contributed by atoms with Crippen molar-refractivity contribution in [3.63, 3.8) is 0 Å². The summed E-state index contributed by atoms with van der Waals surface area (Å²) in [6, 6.07) is 8.96. The quantitative estimate of drug-likeness (QED) is 0.306. The largest absolute Gasteiger partial charge is 0.454 e. The van der Waals surface area contributed by atoms with Crippen LogP contribution in [0.25, 0.3) is 6.08 Å². The number of rotatable bonds is 4. The van der Waals surface area contributed by atoms with Gasteiger partial charge in [-0.05, 0) is 29.8 Å². The molecule has 23 heavy (non-hydrogen) atoms. The van der Waals surface area contributed by atoms with Gasteiger partial charge >= 0.3 is 0 Å². The summed E-state index contributed by atoms with van der Waals surface area (Å²) in [4.78, 5) is 22.4. The maximum absolute atomic E-state index is 12.2. The van der Waals surface area contributed by atoms with Crippen LogP contribution in [0.3, 0.4) is 0 Å². The van der Waals surface area contributed by atoms with Gasteiger partial charge in [-0.15, -0.1) is 0 Å². The second kappa shape index (κ2) is 5.80. The fourth-order valence-corrected chi connectivity index (χ4v) is 2.14. The fraction of sp³-hybridized carbons (Fsp3) is 0.0625. The number of carbonyl (C=O) groups is 1. The van der Waals surface area contributed by atoms with Gasteiger partial charge in [-0.3, -0.25) is 14.9 Å². The minimum atomic E-state index is -0.480. The number of nitrogens with zero attached hydrogens (tertiary/aromatic N) is 1. The number of nitro groups is 1. The summed E-state index contributed by atoms with van der Waals surface area (Å²) in [5, 5.41) is 10.6. The van der Waals surface area contributed by atoms with Crippen LogP contribution in [-0.2, 0) is 0 Å². The van der Waals surface area contributed by atoms with Crippen molar-refractivity contribution in [2.24, 2.45) is 0 Å². The van der Waals surface area contributed by atoms with Gasteiger partial charge in [0.2, 0.25) is 6.79 Å². The summed E-state index contributed by atoms with van der Waals surface area (Å²) < 4.78 is 10.4. The Kier molecular flexibility index (Phi) is 3.68. The van der Waals surface area contributed by atoms with Crippen LogP contribution in [0.4, 0.5) is 11.4 Å². The molecule has 0 radical (unpaired) electrons. The molecule has 7 nitrogen and oxygen atoms in total. The molecular formula is C16H12N2O5. The lowest BCUT2D eigenvalue weighted by Crippen LogP contribution is -2.00. The molecule has 116 valence electrons. The van der Waals surface area contributed by atoms with Gasteiger partial charge in [0, 0.05) is 29.4 Å². The van der Waals surface area contributed by atoms with Crippen molar-refractivity contribution in [1.82, 2.24) is 0 Å². The van der Waals surface area contributed by atoms with Gasteiger partial charge in [0.05, 0.1) is 4.92 Å². The monoisotopic (exact) mass is 312 g/mol. The van der Waals surface area contributed by atoms with Gasteiger partial charge in [0.15, 0.2) is 17.3 Å². The first-order chi connectivity index (χ1) is 11.0. The van der Waals surface area contributed by atoms with E-state index in [0.717, 1.165) is 0 Å². The normalized spacial score (nSPS) is 12.5. The highest BCUT2D eigenvalue weighted by molar-refractivity contribution is 6.10. The van der Waals surface area contributed by atoms with Crippen LogP contribution < -0.4 is 15.2 Å². The molecule has 0 amide bonds. The van der Waals surface area contributed by atoms with Gasteiger partial charge in [-0.1, -0.05) is 6.08 Å². The van der Waals surface area contributed by atoms with Crippen LogP contribution in [0.2, 0.25) is 0 Å². The van der Waals surface area contributed by atoms with Crippen molar-refractivity contribution in [3.05, 3.63) is 63.7 Å². The van der Waals surface area contributed by atoms with E-state index in [9.17, 15) is 14.9 Å². The van der Waals surface area contributed by atoms with Gasteiger partial charge in [0.1, 0.15) is 0 Å². The van der Waals surface area contributed by atoms with Crippen LogP contribution in [-0.4, -0.2) is 17.5 Å². The highest BCUT2D eigenvalue weighted by atomic mass is 16.7. The van der Waals surface area contributed by atoms with Crippen molar-refractivity contribution < 1.29 is 19.2 Å². The standard InChI is InChI=1S/C16H12N2O5/c17-13-8-16-15(22-9-23-16)7-12(13)14(19)6-3-10-1-4-11(5-2-10)18(20)21/h1-8H,9,17H2/b6-3+. The first-order valence-electron chi connectivity index (χ1n) is 6.70. The lowest BCUT2D eigenvalue weighted by atomic mass is 10.1. The molecule has 0 unspecified atom stereocenters. The number of allylic oxidation sites excluding steroid dienone is 1. The van der Waals surface area contributed by atoms with E-state index in [1.165, 1.54) is 18.2 Å². The number of non-ortho nitro benzene ring substituents is 1. The van der Waals surface area contributed by atoms with Gasteiger partial charge < -0.3 is 15.2 Å². The molecule has 1 heterocycles. The molecule has 0 saturated heterocycles. The molecule has 0 fully saturated rings. The number of nitrogen functional groups attached to an aromatic ring is 1. The van der Waals surface area contributed by atoms with Gasteiger partial charge in [-0.25, -0.2) is 0 Å². The van der Waals surface area contributed by atoms with Crippen LogP contribution in [0, 0.1) is 10.1 Å². The van der Waals surface area contributed by atoms with Crippen molar-refractivity contribution in [2.45, 2.75) is 0 Å². The predicted octanol–water partition coefficient (Wildman–Crippen LogP) is 2.80. The molecule has 0 aromatic heterocycles. The summed E-state index contributed by atoms with van der Waals surface area (Å²) in [5.41, 5.74) is 7.13. The smallest absolute Gasteiger partial charge is 0.269 e. The Morgan fingerprint density at radius 3 is 2.48 bits per heavy atom. The molecule has 2 aromatic carbocycles. The lowest BCUT2D eigenvalue weighted by Gasteiger charge is -2.04. The SMILES string of the molecule is Nc1cc2c(cc1C(=O)/C=C/c1ccc([N+](=O)[O-])cc1)OCO2. The molecule has 2 N–H and O–H groups in total.